The van der Waals surface area contributed by atoms with Crippen LogP contribution in [0.1, 0.15) is 0 Å². The first-order valence-corrected chi connectivity index (χ1v) is 13.7. The molecule has 4 nitrogen and oxygen atoms in total. The van der Waals surface area contributed by atoms with Crippen molar-refractivity contribution in [2.24, 2.45) is 11.8 Å². The summed E-state index contributed by atoms with van der Waals surface area (Å²) in [6, 6.07) is 0. The van der Waals surface area contributed by atoms with Crippen molar-refractivity contribution in [2.75, 3.05) is 26.4 Å². The minimum absolute atomic E-state index is 0.0714. The van der Waals surface area contributed by atoms with E-state index in [1.165, 1.54) is 19.6 Å². The lowest BCUT2D eigenvalue weighted by Crippen LogP contribution is -2.30. The molecular weight excluding hydrogens is 457 g/mol. The van der Waals surface area contributed by atoms with Gasteiger partial charge in [-0.25, -0.2) is 0 Å². The van der Waals surface area contributed by atoms with Gasteiger partial charge in [0.05, 0.1) is 26.4 Å². The average molecular weight is 479 g/mol. The molecule has 0 amide bonds. The van der Waals surface area contributed by atoms with E-state index in [1.807, 2.05) is 47.0 Å². The fourth-order valence-electron chi connectivity index (χ4n) is 4.16. The summed E-state index contributed by atoms with van der Waals surface area (Å²) in [5.74, 6) is 0.520. The van der Waals surface area contributed by atoms with Crippen LogP contribution in [0.15, 0.2) is 68.2 Å². The molecule has 0 aromatic heterocycles. The van der Waals surface area contributed by atoms with Gasteiger partial charge in [-0.15, -0.1) is 0 Å². The monoisotopic (exact) mass is 478 g/mol. The Morgan fingerprint density at radius 1 is 0.533 bits per heavy atom. The molecule has 2 aliphatic carbocycles. The van der Waals surface area contributed by atoms with E-state index in [0.29, 0.717) is 26.4 Å². The smallest absolute Gasteiger partial charge is 0.144 e. The van der Waals surface area contributed by atoms with Crippen LogP contribution >= 0.6 is 47.0 Å². The Balaban J connectivity index is 1.45. The van der Waals surface area contributed by atoms with Gasteiger partial charge in [-0.3, -0.25) is 0 Å². The van der Waals surface area contributed by atoms with E-state index < -0.39 is 0 Å². The molecule has 4 atom stereocenters. The molecule has 4 saturated heterocycles. The van der Waals surface area contributed by atoms with Gasteiger partial charge in [0.25, 0.3) is 0 Å². The SMILES string of the molecule is C1=CC(C(=C2SC3OCCOC3S2)C(=C2SC3OCCOC3S2)C2C=CC=C2)C=C1. The molecule has 6 rings (SSSR count). The number of ether oxygens (including phenoxy) is 4. The molecular formula is C22H22O4S4. The van der Waals surface area contributed by atoms with Gasteiger partial charge in [0, 0.05) is 20.3 Å². The van der Waals surface area contributed by atoms with Gasteiger partial charge in [0.1, 0.15) is 21.7 Å². The highest BCUT2D eigenvalue weighted by molar-refractivity contribution is 8.26. The minimum atomic E-state index is 0.0714. The first-order chi connectivity index (χ1) is 14.9. The lowest BCUT2D eigenvalue weighted by Gasteiger charge is -2.23. The lowest BCUT2D eigenvalue weighted by molar-refractivity contribution is -0.0645. The molecule has 158 valence electrons. The van der Waals surface area contributed by atoms with Crippen LogP contribution in [-0.2, 0) is 18.9 Å². The van der Waals surface area contributed by atoms with Gasteiger partial charge in [-0.05, 0) is 11.1 Å². The van der Waals surface area contributed by atoms with E-state index in [2.05, 4.69) is 48.6 Å². The highest BCUT2D eigenvalue weighted by atomic mass is 32.2. The van der Waals surface area contributed by atoms with Gasteiger partial charge >= 0.3 is 0 Å². The summed E-state index contributed by atoms with van der Waals surface area (Å²) in [6.45, 7) is 2.69. The lowest BCUT2D eigenvalue weighted by atomic mass is 9.88. The maximum Gasteiger partial charge on any atom is 0.144 e. The number of fused-ring (bicyclic) bond motifs is 2. The minimum Gasteiger partial charge on any atom is -0.361 e. The van der Waals surface area contributed by atoms with Crippen LogP contribution in [0.25, 0.3) is 0 Å². The van der Waals surface area contributed by atoms with E-state index in [0.717, 1.165) is 0 Å². The fourth-order valence-corrected chi connectivity index (χ4v) is 10.2. The van der Waals surface area contributed by atoms with Crippen molar-refractivity contribution in [2.45, 2.75) is 21.7 Å². The zero-order valence-electron chi connectivity index (χ0n) is 16.2. The van der Waals surface area contributed by atoms with Crippen molar-refractivity contribution < 1.29 is 18.9 Å². The van der Waals surface area contributed by atoms with Crippen molar-refractivity contribution in [3.63, 3.8) is 0 Å². The summed E-state index contributed by atoms with van der Waals surface area (Å²) >= 11 is 7.30. The Kier molecular flexibility index (Phi) is 6.02. The van der Waals surface area contributed by atoms with E-state index >= 15 is 0 Å². The molecule has 0 saturated carbocycles. The standard InChI is InChI=1S/C22H22O4S4/c1-2-6-13(5-1)15(21-27-17-18(28-21)24-10-9-23-17)16(14-7-3-4-8-14)22-29-19-20(30-22)26-12-11-25-19/h1-8,13-14,17-20H,9-12H2. The van der Waals surface area contributed by atoms with Crippen molar-refractivity contribution in [3.8, 4) is 0 Å². The zero-order valence-corrected chi connectivity index (χ0v) is 19.4. The largest absolute Gasteiger partial charge is 0.361 e. The van der Waals surface area contributed by atoms with E-state index in [1.54, 1.807) is 0 Å². The Morgan fingerprint density at radius 2 is 0.833 bits per heavy atom. The average Bonchev–Trinajstić information content (AvgIpc) is 3.57. The number of rotatable bonds is 3. The number of thioether (sulfide) groups is 4. The summed E-state index contributed by atoms with van der Waals surface area (Å²) in [5.41, 5.74) is 3.05. The molecule has 4 aliphatic heterocycles. The maximum absolute atomic E-state index is 6.01. The molecule has 0 radical (unpaired) electrons. The highest BCUT2D eigenvalue weighted by Crippen LogP contribution is 2.58. The van der Waals surface area contributed by atoms with E-state index in [9.17, 15) is 0 Å². The zero-order chi connectivity index (χ0) is 19.9. The number of allylic oxidation sites excluding steroid dienone is 10. The molecule has 0 N–H and O–H groups in total. The number of hydrogen-bond acceptors (Lipinski definition) is 8. The molecule has 4 unspecified atom stereocenters. The third kappa shape index (κ3) is 3.83. The summed E-state index contributed by atoms with van der Waals surface area (Å²) in [7, 11) is 0. The summed E-state index contributed by atoms with van der Waals surface area (Å²) in [6.07, 6.45) is 17.8. The van der Waals surface area contributed by atoms with Gasteiger partial charge in [-0.1, -0.05) is 95.7 Å². The Bertz CT molecular complexity index is 762. The van der Waals surface area contributed by atoms with Crippen LogP contribution < -0.4 is 0 Å². The second-order valence-electron chi connectivity index (χ2n) is 7.42. The van der Waals surface area contributed by atoms with Crippen LogP contribution in [-0.4, -0.2) is 48.2 Å². The molecule has 0 aromatic carbocycles. The summed E-state index contributed by atoms with van der Waals surface area (Å²) in [4.78, 5) is 0. The van der Waals surface area contributed by atoms with Crippen molar-refractivity contribution >= 4 is 47.0 Å². The number of hydrogen-bond donors (Lipinski definition) is 0. The maximum atomic E-state index is 6.01. The molecule has 0 bridgehead atoms. The molecule has 8 heteroatoms. The van der Waals surface area contributed by atoms with Gasteiger partial charge < -0.3 is 18.9 Å². The Morgan fingerprint density at radius 3 is 1.13 bits per heavy atom. The topological polar surface area (TPSA) is 36.9 Å². The molecule has 0 spiro atoms. The first kappa shape index (κ1) is 20.3. The predicted molar refractivity (Wildman–Crippen MR) is 127 cm³/mol. The van der Waals surface area contributed by atoms with E-state index in [-0.39, 0.29) is 33.6 Å². The van der Waals surface area contributed by atoms with Crippen LogP contribution in [0.2, 0.25) is 0 Å². The third-order valence-electron chi connectivity index (χ3n) is 5.53. The quantitative estimate of drug-likeness (QED) is 0.544. The Hall–Kier alpha value is -0.320. The second kappa shape index (κ2) is 8.90. The van der Waals surface area contributed by atoms with Gasteiger partial charge in [0.15, 0.2) is 0 Å². The van der Waals surface area contributed by atoms with Crippen LogP contribution in [0.3, 0.4) is 0 Å². The third-order valence-corrected chi connectivity index (χ3v) is 11.2. The van der Waals surface area contributed by atoms with Gasteiger partial charge in [-0.2, -0.15) is 0 Å². The van der Waals surface area contributed by atoms with Crippen molar-refractivity contribution in [1.29, 1.82) is 0 Å². The van der Waals surface area contributed by atoms with E-state index in [4.69, 9.17) is 18.9 Å². The highest BCUT2D eigenvalue weighted by Gasteiger charge is 2.43. The van der Waals surface area contributed by atoms with Crippen LogP contribution in [0, 0.1) is 11.8 Å². The molecule has 30 heavy (non-hydrogen) atoms. The Labute approximate surface area is 193 Å². The first-order valence-electron chi connectivity index (χ1n) is 10.2. The van der Waals surface area contributed by atoms with Crippen LogP contribution in [0.5, 0.6) is 0 Å². The van der Waals surface area contributed by atoms with Crippen molar-refractivity contribution in [1.82, 2.24) is 0 Å². The predicted octanol–water partition coefficient (Wildman–Crippen LogP) is 5.25. The normalized spacial score (nSPS) is 35.5. The summed E-state index contributed by atoms with van der Waals surface area (Å²) < 4.78 is 26.7. The fraction of sp³-hybridized carbons (Fsp3) is 0.455. The molecule has 6 aliphatic rings. The van der Waals surface area contributed by atoms with Crippen LogP contribution in [0.4, 0.5) is 0 Å². The van der Waals surface area contributed by atoms with Crippen molar-refractivity contribution in [3.05, 3.63) is 68.2 Å². The molecule has 4 heterocycles. The molecule has 4 fully saturated rings. The van der Waals surface area contributed by atoms with Gasteiger partial charge in [0.2, 0.25) is 0 Å². The molecule has 0 aromatic rings. The second-order valence-corrected chi connectivity index (χ2v) is 12.4. The summed E-state index contributed by atoms with van der Waals surface area (Å²) in [5, 5.41) is 0.